The summed E-state index contributed by atoms with van der Waals surface area (Å²) in [5.74, 6) is -0.129. The number of carbonyl (C=O) groups is 1. The van der Waals surface area contributed by atoms with Gasteiger partial charge in [-0.15, -0.1) is 0 Å². The molecule has 0 aliphatic rings. The predicted octanol–water partition coefficient (Wildman–Crippen LogP) is 3.94. The number of para-hydroxylation sites is 1. The Bertz CT molecular complexity index is 1250. The van der Waals surface area contributed by atoms with Crippen molar-refractivity contribution < 1.29 is 4.79 Å². The number of amides is 1. The van der Waals surface area contributed by atoms with Gasteiger partial charge in [0, 0.05) is 25.5 Å². The molecule has 6 heteroatoms. The van der Waals surface area contributed by atoms with E-state index in [-0.39, 0.29) is 11.5 Å². The molecular weight excluding hydrogens is 364 g/mol. The fourth-order valence-electron chi connectivity index (χ4n) is 3.65. The minimum Gasteiger partial charge on any atom is -0.324 e. The van der Waals surface area contributed by atoms with Gasteiger partial charge < -0.3 is 9.47 Å². The molecule has 29 heavy (non-hydrogen) atoms. The summed E-state index contributed by atoms with van der Waals surface area (Å²) >= 11 is 0. The van der Waals surface area contributed by atoms with Gasteiger partial charge in [0.25, 0.3) is 11.5 Å². The van der Waals surface area contributed by atoms with Crippen LogP contribution in [-0.2, 0) is 7.05 Å². The van der Waals surface area contributed by atoms with E-state index in [0.717, 1.165) is 24.1 Å². The third-order valence-electron chi connectivity index (χ3n) is 5.29. The smallest absolute Gasteiger partial charge is 0.274 e. The van der Waals surface area contributed by atoms with Crippen molar-refractivity contribution in [1.29, 1.82) is 0 Å². The molecule has 0 bridgehead atoms. The summed E-state index contributed by atoms with van der Waals surface area (Å²) in [7, 11) is 1.79. The highest BCUT2D eigenvalue weighted by atomic mass is 16.2. The highest BCUT2D eigenvalue weighted by Gasteiger charge is 2.23. The van der Waals surface area contributed by atoms with Gasteiger partial charge in [-0.05, 0) is 43.2 Å². The second-order valence-electron chi connectivity index (χ2n) is 7.27. The van der Waals surface area contributed by atoms with Gasteiger partial charge in [0.05, 0.1) is 5.39 Å². The Kier molecular flexibility index (Phi) is 4.92. The second kappa shape index (κ2) is 7.54. The van der Waals surface area contributed by atoms with Crippen molar-refractivity contribution >= 4 is 28.3 Å². The van der Waals surface area contributed by atoms with Crippen LogP contribution in [0, 0.1) is 6.92 Å². The van der Waals surface area contributed by atoms with Crippen molar-refractivity contribution in [3.8, 4) is 0 Å². The molecular formula is C23H24N4O2. The predicted molar refractivity (Wildman–Crippen MR) is 116 cm³/mol. The molecule has 1 aromatic carbocycles. The number of pyridine rings is 1. The van der Waals surface area contributed by atoms with Gasteiger partial charge >= 0.3 is 0 Å². The fraction of sp³-hybridized carbons (Fsp3) is 0.261. The summed E-state index contributed by atoms with van der Waals surface area (Å²) in [6, 6.07) is 15.1. The number of aromatic nitrogens is 3. The van der Waals surface area contributed by atoms with Crippen LogP contribution in [0.1, 0.15) is 35.8 Å². The van der Waals surface area contributed by atoms with Gasteiger partial charge in [0.2, 0.25) is 0 Å². The van der Waals surface area contributed by atoms with Crippen molar-refractivity contribution in [2.45, 2.75) is 26.7 Å². The van der Waals surface area contributed by atoms with E-state index in [1.165, 1.54) is 4.40 Å². The summed E-state index contributed by atoms with van der Waals surface area (Å²) in [5, 5.41) is 0.447. The summed E-state index contributed by atoms with van der Waals surface area (Å²) < 4.78 is 3.27. The largest absolute Gasteiger partial charge is 0.324 e. The first-order valence-corrected chi connectivity index (χ1v) is 9.87. The molecule has 148 valence electrons. The first-order chi connectivity index (χ1) is 14.0. The molecule has 0 unspecified atom stereocenters. The van der Waals surface area contributed by atoms with Crippen LogP contribution in [0.5, 0.6) is 0 Å². The summed E-state index contributed by atoms with van der Waals surface area (Å²) in [6.45, 7) is 4.64. The lowest BCUT2D eigenvalue weighted by molar-refractivity contribution is 0.0979. The van der Waals surface area contributed by atoms with Crippen LogP contribution in [0.4, 0.5) is 5.69 Å². The Labute approximate surface area is 169 Å². The number of nitrogens with zero attached hydrogens (tertiary/aromatic N) is 4. The molecule has 0 saturated heterocycles. The molecule has 4 aromatic rings. The standard InChI is InChI=1S/C23H24N4O2/c1-4-5-13-26(17-11-7-6-8-12-17)23(29)19-15-18-21(25(19)3)24-20-16(2)10-9-14-27(20)22(18)28/h6-12,14-15H,4-5,13H2,1-3H3. The average Bonchev–Trinajstić information content (AvgIpc) is 3.07. The quantitative estimate of drug-likeness (QED) is 0.520. The fourth-order valence-corrected chi connectivity index (χ4v) is 3.65. The monoisotopic (exact) mass is 388 g/mol. The van der Waals surface area contributed by atoms with Gasteiger partial charge in [0.1, 0.15) is 17.0 Å². The summed E-state index contributed by atoms with van der Waals surface area (Å²) in [5.41, 5.74) is 3.19. The van der Waals surface area contributed by atoms with Gasteiger partial charge in [-0.1, -0.05) is 37.6 Å². The number of fused-ring (bicyclic) bond motifs is 2. The maximum Gasteiger partial charge on any atom is 0.274 e. The SMILES string of the molecule is CCCCN(C(=O)c1cc2c(=O)n3cccc(C)c3nc2n1C)c1ccccc1. The topological polar surface area (TPSA) is 59.6 Å². The van der Waals surface area contributed by atoms with Crippen molar-refractivity contribution in [2.75, 3.05) is 11.4 Å². The normalized spacial score (nSPS) is 11.3. The maximum absolute atomic E-state index is 13.5. The zero-order valence-electron chi connectivity index (χ0n) is 16.9. The van der Waals surface area contributed by atoms with Crippen LogP contribution in [0.2, 0.25) is 0 Å². The van der Waals surface area contributed by atoms with Gasteiger partial charge in [0.15, 0.2) is 0 Å². The Morgan fingerprint density at radius 2 is 1.86 bits per heavy atom. The van der Waals surface area contributed by atoms with E-state index in [0.29, 0.717) is 28.9 Å². The van der Waals surface area contributed by atoms with Gasteiger partial charge in [-0.25, -0.2) is 4.98 Å². The average molecular weight is 388 g/mol. The Morgan fingerprint density at radius 1 is 1.10 bits per heavy atom. The first-order valence-electron chi connectivity index (χ1n) is 9.87. The molecule has 0 aliphatic carbocycles. The lowest BCUT2D eigenvalue weighted by Crippen LogP contribution is -2.33. The molecule has 4 rings (SSSR count). The van der Waals surface area contributed by atoms with Crippen LogP contribution in [0.25, 0.3) is 16.7 Å². The summed E-state index contributed by atoms with van der Waals surface area (Å²) in [4.78, 5) is 33.0. The molecule has 6 nitrogen and oxygen atoms in total. The molecule has 0 N–H and O–H groups in total. The second-order valence-corrected chi connectivity index (χ2v) is 7.27. The van der Waals surface area contributed by atoms with Crippen LogP contribution in [0.15, 0.2) is 59.5 Å². The van der Waals surface area contributed by atoms with E-state index >= 15 is 0 Å². The zero-order valence-corrected chi connectivity index (χ0v) is 16.9. The van der Waals surface area contributed by atoms with Crippen molar-refractivity contribution in [3.05, 3.63) is 76.3 Å². The van der Waals surface area contributed by atoms with E-state index in [4.69, 9.17) is 4.98 Å². The molecule has 0 saturated carbocycles. The molecule has 3 aromatic heterocycles. The van der Waals surface area contributed by atoms with Gasteiger partial charge in [-0.3, -0.25) is 14.0 Å². The minimum absolute atomic E-state index is 0.129. The Hall–Kier alpha value is -3.41. The number of carbonyl (C=O) groups excluding carboxylic acids is 1. The lowest BCUT2D eigenvalue weighted by Gasteiger charge is -2.23. The highest BCUT2D eigenvalue weighted by Crippen LogP contribution is 2.22. The first kappa shape index (κ1) is 18.9. The number of anilines is 1. The summed E-state index contributed by atoms with van der Waals surface area (Å²) in [6.07, 6.45) is 3.59. The van der Waals surface area contributed by atoms with Crippen LogP contribution in [-0.4, -0.2) is 26.4 Å². The van der Waals surface area contributed by atoms with Crippen molar-refractivity contribution in [1.82, 2.24) is 14.0 Å². The van der Waals surface area contributed by atoms with E-state index in [9.17, 15) is 9.59 Å². The van der Waals surface area contributed by atoms with Crippen molar-refractivity contribution in [2.24, 2.45) is 7.05 Å². The van der Waals surface area contributed by atoms with Crippen LogP contribution in [0.3, 0.4) is 0 Å². The minimum atomic E-state index is -0.164. The van der Waals surface area contributed by atoms with Crippen LogP contribution >= 0.6 is 0 Å². The number of hydrogen-bond acceptors (Lipinski definition) is 3. The number of hydrogen-bond donors (Lipinski definition) is 0. The van der Waals surface area contributed by atoms with Crippen LogP contribution < -0.4 is 10.5 Å². The van der Waals surface area contributed by atoms with E-state index in [2.05, 4.69) is 6.92 Å². The van der Waals surface area contributed by atoms with E-state index < -0.39 is 0 Å². The number of unbranched alkanes of at least 4 members (excludes halogenated alkanes) is 1. The molecule has 3 heterocycles. The molecule has 0 atom stereocenters. The number of benzene rings is 1. The molecule has 1 amide bonds. The van der Waals surface area contributed by atoms with E-state index in [1.807, 2.05) is 49.4 Å². The lowest BCUT2D eigenvalue weighted by atomic mass is 10.2. The molecule has 0 radical (unpaired) electrons. The van der Waals surface area contributed by atoms with Gasteiger partial charge in [-0.2, -0.15) is 0 Å². The highest BCUT2D eigenvalue weighted by molar-refractivity contribution is 6.07. The number of aryl methyl sites for hydroxylation is 2. The zero-order chi connectivity index (χ0) is 20.5. The third-order valence-corrected chi connectivity index (χ3v) is 5.29. The molecule has 0 spiro atoms. The molecule has 0 aliphatic heterocycles. The van der Waals surface area contributed by atoms with E-state index in [1.54, 1.807) is 28.8 Å². The number of rotatable bonds is 5. The third kappa shape index (κ3) is 3.20. The Balaban J connectivity index is 1.88. The Morgan fingerprint density at radius 3 is 2.59 bits per heavy atom. The maximum atomic E-state index is 13.5. The van der Waals surface area contributed by atoms with Crippen molar-refractivity contribution in [3.63, 3.8) is 0 Å². The molecule has 0 fully saturated rings.